The molecular formula is C22H28N4O4S. The summed E-state index contributed by atoms with van der Waals surface area (Å²) < 4.78 is 5.40. The Hall–Kier alpha value is -2.39. The number of rotatable bonds is 5. The largest absolute Gasteiger partial charge is 0.379 e. The van der Waals surface area contributed by atoms with Crippen molar-refractivity contribution in [3.8, 4) is 0 Å². The second kappa shape index (κ2) is 10.3. The summed E-state index contributed by atoms with van der Waals surface area (Å²) in [7, 11) is 0. The van der Waals surface area contributed by atoms with E-state index in [1.807, 2.05) is 0 Å². The van der Waals surface area contributed by atoms with Crippen LogP contribution in [-0.2, 0) is 14.3 Å². The molecule has 0 radical (unpaired) electrons. The average Bonchev–Trinajstić information content (AvgIpc) is 3.15. The van der Waals surface area contributed by atoms with Gasteiger partial charge in [0.25, 0.3) is 11.8 Å². The number of thioether (sulfide) groups is 1. The number of carbonyl (C=O) groups is 3. The Labute approximate surface area is 186 Å². The third-order valence-electron chi connectivity index (χ3n) is 5.63. The van der Waals surface area contributed by atoms with Gasteiger partial charge in [0.15, 0.2) is 5.17 Å². The predicted octanol–water partition coefficient (Wildman–Crippen LogP) is 2.41. The Balaban J connectivity index is 1.29. The minimum atomic E-state index is -0.491. The van der Waals surface area contributed by atoms with Crippen LogP contribution in [-0.4, -0.2) is 65.4 Å². The zero-order valence-electron chi connectivity index (χ0n) is 17.5. The van der Waals surface area contributed by atoms with Crippen molar-refractivity contribution in [2.45, 2.75) is 49.8 Å². The van der Waals surface area contributed by atoms with Crippen LogP contribution in [0.2, 0.25) is 0 Å². The van der Waals surface area contributed by atoms with E-state index in [9.17, 15) is 14.4 Å². The van der Waals surface area contributed by atoms with E-state index in [1.165, 1.54) is 18.2 Å². The summed E-state index contributed by atoms with van der Waals surface area (Å²) in [5, 5.41) is 6.03. The normalized spacial score (nSPS) is 23.9. The number of amides is 3. The van der Waals surface area contributed by atoms with Gasteiger partial charge in [-0.05, 0) is 50.3 Å². The van der Waals surface area contributed by atoms with E-state index in [0.29, 0.717) is 17.9 Å². The van der Waals surface area contributed by atoms with Crippen molar-refractivity contribution in [1.29, 1.82) is 0 Å². The van der Waals surface area contributed by atoms with Crippen molar-refractivity contribution >= 4 is 40.3 Å². The average molecular weight is 445 g/mol. The van der Waals surface area contributed by atoms with Gasteiger partial charge in [-0.2, -0.15) is 4.99 Å². The Kier molecular flexibility index (Phi) is 7.24. The van der Waals surface area contributed by atoms with Crippen molar-refractivity contribution in [3.63, 3.8) is 0 Å². The fourth-order valence-corrected chi connectivity index (χ4v) is 5.09. The van der Waals surface area contributed by atoms with E-state index in [0.717, 1.165) is 50.5 Å². The van der Waals surface area contributed by atoms with E-state index in [2.05, 4.69) is 20.5 Å². The number of hydrogen-bond donors (Lipinski definition) is 2. The van der Waals surface area contributed by atoms with Gasteiger partial charge in [-0.1, -0.05) is 17.8 Å². The molecule has 31 heavy (non-hydrogen) atoms. The fourth-order valence-electron chi connectivity index (χ4n) is 3.97. The van der Waals surface area contributed by atoms with E-state index in [4.69, 9.17) is 4.74 Å². The van der Waals surface area contributed by atoms with Crippen molar-refractivity contribution in [3.05, 3.63) is 29.8 Å². The molecule has 0 spiro atoms. The number of piperidine rings is 1. The molecule has 8 nitrogen and oxygen atoms in total. The molecule has 2 N–H and O–H groups in total. The fraction of sp³-hybridized carbons (Fsp3) is 0.545. The van der Waals surface area contributed by atoms with E-state index in [1.54, 1.807) is 24.3 Å². The third-order valence-corrected chi connectivity index (χ3v) is 6.84. The first-order chi connectivity index (χ1) is 15.1. The lowest BCUT2D eigenvalue weighted by Crippen LogP contribution is -2.40. The highest BCUT2D eigenvalue weighted by atomic mass is 32.2. The molecule has 1 aromatic rings. The molecule has 0 aromatic heterocycles. The standard InChI is InChI=1S/C22H28N4O4S/c27-19(13-18-21(29)25-22(31-18)26-9-2-1-3-10-26)23-16-7-4-6-15(12-16)20(28)24-17-8-5-11-30-14-17/h4,6-7,12,17-18H,1-3,5,8-11,13-14H2,(H,23,27)(H,24,28). The lowest BCUT2D eigenvalue weighted by atomic mass is 10.1. The summed E-state index contributed by atoms with van der Waals surface area (Å²) in [5.41, 5.74) is 1.01. The van der Waals surface area contributed by atoms with Crippen LogP contribution in [0.15, 0.2) is 29.3 Å². The number of likely N-dealkylation sites (tertiary alicyclic amines) is 1. The lowest BCUT2D eigenvalue weighted by molar-refractivity contribution is -0.121. The summed E-state index contributed by atoms with van der Waals surface area (Å²) in [6, 6.07) is 6.84. The Morgan fingerprint density at radius 3 is 2.81 bits per heavy atom. The first-order valence-corrected chi connectivity index (χ1v) is 11.8. The number of carbonyl (C=O) groups excluding carboxylic acids is 3. The van der Waals surface area contributed by atoms with Gasteiger partial charge in [-0.3, -0.25) is 14.4 Å². The molecule has 3 heterocycles. The van der Waals surface area contributed by atoms with Crippen molar-refractivity contribution in [1.82, 2.24) is 10.2 Å². The van der Waals surface area contributed by atoms with Gasteiger partial charge in [0, 0.05) is 37.4 Å². The number of hydrogen-bond acceptors (Lipinski definition) is 6. The minimum absolute atomic E-state index is 0.0130. The molecule has 0 bridgehead atoms. The molecular weight excluding hydrogens is 416 g/mol. The van der Waals surface area contributed by atoms with Gasteiger partial charge in [0.1, 0.15) is 5.25 Å². The van der Waals surface area contributed by atoms with Crippen LogP contribution in [0, 0.1) is 0 Å². The lowest BCUT2D eigenvalue weighted by Gasteiger charge is -2.27. The maximum atomic E-state index is 12.5. The van der Waals surface area contributed by atoms with Gasteiger partial charge in [0.2, 0.25) is 5.91 Å². The summed E-state index contributed by atoms with van der Waals surface area (Å²) in [6.07, 6.45) is 5.31. The number of aliphatic imine (C=N–C) groups is 1. The van der Waals surface area contributed by atoms with Crippen LogP contribution >= 0.6 is 11.8 Å². The van der Waals surface area contributed by atoms with Crippen LogP contribution in [0.25, 0.3) is 0 Å². The second-order valence-electron chi connectivity index (χ2n) is 8.11. The number of amidine groups is 1. The molecule has 2 unspecified atom stereocenters. The molecule has 2 fully saturated rings. The van der Waals surface area contributed by atoms with Gasteiger partial charge in [0.05, 0.1) is 12.6 Å². The third kappa shape index (κ3) is 5.86. The highest BCUT2D eigenvalue weighted by molar-refractivity contribution is 8.15. The maximum absolute atomic E-state index is 12.5. The molecule has 2 atom stereocenters. The highest BCUT2D eigenvalue weighted by Crippen LogP contribution is 2.29. The predicted molar refractivity (Wildman–Crippen MR) is 120 cm³/mol. The highest BCUT2D eigenvalue weighted by Gasteiger charge is 2.33. The molecule has 0 aliphatic carbocycles. The topological polar surface area (TPSA) is 100 Å². The number of nitrogens with one attached hydrogen (secondary N) is 2. The maximum Gasteiger partial charge on any atom is 0.262 e. The molecule has 1 aromatic carbocycles. The number of ether oxygens (including phenoxy) is 1. The Bertz CT molecular complexity index is 863. The molecule has 3 aliphatic rings. The number of anilines is 1. The van der Waals surface area contributed by atoms with Crippen molar-refractivity contribution in [2.75, 3.05) is 31.6 Å². The van der Waals surface area contributed by atoms with Crippen LogP contribution < -0.4 is 10.6 Å². The van der Waals surface area contributed by atoms with Crippen LogP contribution in [0.1, 0.15) is 48.9 Å². The van der Waals surface area contributed by atoms with E-state index < -0.39 is 5.25 Å². The van der Waals surface area contributed by atoms with Crippen molar-refractivity contribution in [2.24, 2.45) is 4.99 Å². The molecule has 4 rings (SSSR count). The first kappa shape index (κ1) is 21.8. The number of benzene rings is 1. The summed E-state index contributed by atoms with van der Waals surface area (Å²) in [6.45, 7) is 3.09. The van der Waals surface area contributed by atoms with Gasteiger partial charge < -0.3 is 20.3 Å². The minimum Gasteiger partial charge on any atom is -0.379 e. The summed E-state index contributed by atoms with van der Waals surface area (Å²) >= 11 is 1.38. The molecule has 9 heteroatoms. The van der Waals surface area contributed by atoms with Crippen LogP contribution in [0.5, 0.6) is 0 Å². The SMILES string of the molecule is O=C(CC1SC(N2CCCCC2)=NC1=O)Nc1cccc(C(=O)NC2CCCOC2)c1. The molecule has 0 saturated carbocycles. The van der Waals surface area contributed by atoms with Crippen molar-refractivity contribution < 1.29 is 19.1 Å². The Morgan fingerprint density at radius 2 is 2.03 bits per heavy atom. The zero-order valence-corrected chi connectivity index (χ0v) is 18.3. The molecule has 2 saturated heterocycles. The van der Waals surface area contributed by atoms with Gasteiger partial charge >= 0.3 is 0 Å². The molecule has 166 valence electrons. The smallest absolute Gasteiger partial charge is 0.262 e. The quantitative estimate of drug-likeness (QED) is 0.724. The summed E-state index contributed by atoms with van der Waals surface area (Å²) in [4.78, 5) is 43.6. The van der Waals surface area contributed by atoms with Gasteiger partial charge in [-0.25, -0.2) is 0 Å². The van der Waals surface area contributed by atoms with E-state index in [-0.39, 0.29) is 30.2 Å². The monoisotopic (exact) mass is 444 g/mol. The molecule has 3 aliphatic heterocycles. The van der Waals surface area contributed by atoms with E-state index >= 15 is 0 Å². The number of nitrogens with zero attached hydrogens (tertiary/aromatic N) is 2. The zero-order chi connectivity index (χ0) is 21.6. The van der Waals surface area contributed by atoms with Crippen LogP contribution in [0.3, 0.4) is 0 Å². The summed E-state index contributed by atoms with van der Waals surface area (Å²) in [5.74, 6) is -0.699. The Morgan fingerprint density at radius 1 is 1.19 bits per heavy atom. The van der Waals surface area contributed by atoms with Gasteiger partial charge in [-0.15, -0.1) is 0 Å². The molecule has 3 amide bonds. The second-order valence-corrected chi connectivity index (χ2v) is 9.28. The van der Waals surface area contributed by atoms with Crippen LogP contribution in [0.4, 0.5) is 5.69 Å². The first-order valence-electron chi connectivity index (χ1n) is 10.9.